The molecule has 14 heavy (non-hydrogen) atoms. The van der Waals surface area contributed by atoms with Crippen molar-refractivity contribution in [2.75, 3.05) is 0 Å². The van der Waals surface area contributed by atoms with Gasteiger partial charge in [-0.3, -0.25) is 4.79 Å². The summed E-state index contributed by atoms with van der Waals surface area (Å²) in [6.07, 6.45) is 0.864. The maximum absolute atomic E-state index is 10.9. The summed E-state index contributed by atoms with van der Waals surface area (Å²) in [5.41, 5.74) is 0.744. The highest BCUT2D eigenvalue weighted by molar-refractivity contribution is 5.21. The van der Waals surface area contributed by atoms with Crippen molar-refractivity contribution in [2.45, 2.75) is 32.5 Å². The lowest BCUT2D eigenvalue weighted by atomic mass is 10.0. The zero-order valence-electron chi connectivity index (χ0n) is 8.16. The van der Waals surface area contributed by atoms with Gasteiger partial charge in [-0.25, -0.2) is 0 Å². The molecule has 0 amide bonds. The molecule has 1 aromatic rings. The maximum Gasteiger partial charge on any atom is 0.248 e. The van der Waals surface area contributed by atoms with E-state index in [0.29, 0.717) is 17.7 Å². The fraction of sp³-hybridized carbons (Fsp3) is 0.500. The SMILES string of the molecule is CCC[C@H](O)c1ccc(=O)[nH]c1CO. The van der Waals surface area contributed by atoms with Gasteiger partial charge in [-0.2, -0.15) is 0 Å². The summed E-state index contributed by atoms with van der Waals surface area (Å²) in [6.45, 7) is 1.71. The second-order valence-electron chi connectivity index (χ2n) is 3.22. The molecule has 3 N–H and O–H groups in total. The van der Waals surface area contributed by atoms with E-state index in [1.165, 1.54) is 6.07 Å². The third kappa shape index (κ3) is 2.43. The molecule has 78 valence electrons. The fourth-order valence-electron chi connectivity index (χ4n) is 1.40. The number of nitrogens with one attached hydrogen (secondary N) is 1. The molecule has 0 radical (unpaired) electrons. The van der Waals surface area contributed by atoms with Gasteiger partial charge in [-0.15, -0.1) is 0 Å². The molecule has 0 bridgehead atoms. The number of aliphatic hydroxyl groups excluding tert-OH is 2. The molecular weight excluding hydrogens is 182 g/mol. The zero-order chi connectivity index (χ0) is 10.6. The van der Waals surface area contributed by atoms with Crippen LogP contribution in [0.5, 0.6) is 0 Å². The number of aromatic nitrogens is 1. The van der Waals surface area contributed by atoms with Crippen molar-refractivity contribution in [2.24, 2.45) is 0 Å². The van der Waals surface area contributed by atoms with Crippen LogP contribution in [0.2, 0.25) is 0 Å². The van der Waals surface area contributed by atoms with Crippen LogP contribution in [0.25, 0.3) is 0 Å². The van der Waals surface area contributed by atoms with Gasteiger partial charge in [0.15, 0.2) is 0 Å². The van der Waals surface area contributed by atoms with Crippen molar-refractivity contribution in [1.82, 2.24) is 4.98 Å². The Labute approximate surface area is 82.2 Å². The highest BCUT2D eigenvalue weighted by Gasteiger charge is 2.11. The Hall–Kier alpha value is -1.13. The number of aliphatic hydroxyl groups is 2. The average molecular weight is 197 g/mol. The van der Waals surface area contributed by atoms with Gasteiger partial charge in [0.1, 0.15) is 0 Å². The second-order valence-corrected chi connectivity index (χ2v) is 3.22. The topological polar surface area (TPSA) is 73.3 Å². The van der Waals surface area contributed by atoms with E-state index in [-0.39, 0.29) is 12.2 Å². The number of hydrogen-bond acceptors (Lipinski definition) is 3. The molecule has 0 fully saturated rings. The van der Waals surface area contributed by atoms with E-state index < -0.39 is 6.10 Å². The minimum Gasteiger partial charge on any atom is -0.390 e. The monoisotopic (exact) mass is 197 g/mol. The Bertz CT molecular complexity index is 345. The Morgan fingerprint density at radius 3 is 2.79 bits per heavy atom. The average Bonchev–Trinajstić information content (AvgIpc) is 2.17. The normalized spacial score (nSPS) is 12.8. The van der Waals surface area contributed by atoms with Crippen LogP contribution in [-0.2, 0) is 6.61 Å². The van der Waals surface area contributed by atoms with E-state index in [2.05, 4.69) is 4.98 Å². The maximum atomic E-state index is 10.9. The molecule has 0 saturated heterocycles. The van der Waals surface area contributed by atoms with E-state index in [1.54, 1.807) is 6.07 Å². The van der Waals surface area contributed by atoms with Gasteiger partial charge in [0, 0.05) is 17.3 Å². The molecule has 0 aliphatic carbocycles. The summed E-state index contributed by atoms with van der Waals surface area (Å²) in [6, 6.07) is 2.91. The second kappa shape index (κ2) is 4.93. The summed E-state index contributed by atoms with van der Waals surface area (Å²) >= 11 is 0. The molecule has 0 aromatic carbocycles. The van der Waals surface area contributed by atoms with Gasteiger partial charge in [-0.1, -0.05) is 13.3 Å². The molecule has 0 unspecified atom stereocenters. The molecule has 0 saturated carbocycles. The summed E-state index contributed by atoms with van der Waals surface area (Å²) in [5.74, 6) is 0. The molecule has 1 atom stereocenters. The van der Waals surface area contributed by atoms with Crippen LogP contribution in [0.4, 0.5) is 0 Å². The molecule has 0 aliphatic rings. The lowest BCUT2D eigenvalue weighted by Crippen LogP contribution is -2.12. The van der Waals surface area contributed by atoms with Gasteiger partial charge in [-0.05, 0) is 12.5 Å². The summed E-state index contributed by atoms with van der Waals surface area (Å²) in [7, 11) is 0. The minimum absolute atomic E-state index is 0.258. The van der Waals surface area contributed by atoms with Gasteiger partial charge in [0.25, 0.3) is 0 Å². The first-order chi connectivity index (χ1) is 6.69. The van der Waals surface area contributed by atoms with Crippen molar-refractivity contribution in [1.29, 1.82) is 0 Å². The van der Waals surface area contributed by atoms with Crippen molar-refractivity contribution >= 4 is 0 Å². The van der Waals surface area contributed by atoms with Crippen LogP contribution >= 0.6 is 0 Å². The lowest BCUT2D eigenvalue weighted by Gasteiger charge is -2.12. The van der Waals surface area contributed by atoms with Gasteiger partial charge < -0.3 is 15.2 Å². The molecule has 1 aromatic heterocycles. The Balaban J connectivity index is 3.01. The number of pyridine rings is 1. The van der Waals surface area contributed by atoms with Crippen molar-refractivity contribution < 1.29 is 10.2 Å². The molecule has 0 spiro atoms. The molecular formula is C10H15NO3. The van der Waals surface area contributed by atoms with Gasteiger partial charge in [0.05, 0.1) is 12.7 Å². The molecule has 1 rings (SSSR count). The Morgan fingerprint density at radius 2 is 2.21 bits per heavy atom. The van der Waals surface area contributed by atoms with E-state index in [9.17, 15) is 9.90 Å². The Morgan fingerprint density at radius 1 is 1.50 bits per heavy atom. The predicted molar refractivity (Wildman–Crippen MR) is 52.9 cm³/mol. The van der Waals surface area contributed by atoms with E-state index in [4.69, 9.17) is 5.11 Å². The van der Waals surface area contributed by atoms with Crippen LogP contribution in [0, 0.1) is 0 Å². The van der Waals surface area contributed by atoms with Crippen LogP contribution in [0.1, 0.15) is 37.1 Å². The van der Waals surface area contributed by atoms with Crippen LogP contribution < -0.4 is 5.56 Å². The van der Waals surface area contributed by atoms with E-state index >= 15 is 0 Å². The minimum atomic E-state index is -0.612. The molecule has 1 heterocycles. The number of hydrogen-bond donors (Lipinski definition) is 3. The zero-order valence-corrected chi connectivity index (χ0v) is 8.16. The highest BCUT2D eigenvalue weighted by atomic mass is 16.3. The lowest BCUT2D eigenvalue weighted by molar-refractivity contribution is 0.161. The smallest absolute Gasteiger partial charge is 0.248 e. The predicted octanol–water partition coefficient (Wildman–Crippen LogP) is 0.701. The van der Waals surface area contributed by atoms with Gasteiger partial charge in [0.2, 0.25) is 5.56 Å². The molecule has 0 aliphatic heterocycles. The summed E-state index contributed by atoms with van der Waals surface area (Å²) in [5, 5.41) is 18.7. The highest BCUT2D eigenvalue weighted by Crippen LogP contribution is 2.19. The number of aromatic amines is 1. The molecule has 4 nitrogen and oxygen atoms in total. The Kier molecular flexibility index (Phi) is 3.85. The number of rotatable bonds is 4. The first-order valence-electron chi connectivity index (χ1n) is 4.70. The van der Waals surface area contributed by atoms with Crippen molar-refractivity contribution in [3.8, 4) is 0 Å². The van der Waals surface area contributed by atoms with Crippen LogP contribution in [0.15, 0.2) is 16.9 Å². The standard InChI is InChI=1S/C10H15NO3/c1-2-3-9(13)7-4-5-10(14)11-8(7)6-12/h4-5,9,12-13H,2-3,6H2,1H3,(H,11,14)/t9-/m0/s1. The first kappa shape index (κ1) is 10.9. The van der Waals surface area contributed by atoms with E-state index in [1.807, 2.05) is 6.92 Å². The fourth-order valence-corrected chi connectivity index (χ4v) is 1.40. The third-order valence-electron chi connectivity index (χ3n) is 2.12. The van der Waals surface area contributed by atoms with Crippen molar-refractivity contribution in [3.05, 3.63) is 33.7 Å². The van der Waals surface area contributed by atoms with E-state index in [0.717, 1.165) is 6.42 Å². The molecule has 4 heteroatoms. The number of H-pyrrole nitrogens is 1. The largest absolute Gasteiger partial charge is 0.390 e. The third-order valence-corrected chi connectivity index (χ3v) is 2.12. The van der Waals surface area contributed by atoms with Crippen LogP contribution in [0.3, 0.4) is 0 Å². The summed E-state index contributed by atoms with van der Waals surface area (Å²) < 4.78 is 0. The summed E-state index contributed by atoms with van der Waals surface area (Å²) in [4.78, 5) is 13.4. The van der Waals surface area contributed by atoms with Crippen LogP contribution in [-0.4, -0.2) is 15.2 Å². The van der Waals surface area contributed by atoms with Gasteiger partial charge >= 0.3 is 0 Å². The first-order valence-corrected chi connectivity index (χ1v) is 4.70. The van der Waals surface area contributed by atoms with Crippen molar-refractivity contribution in [3.63, 3.8) is 0 Å². The quantitative estimate of drug-likeness (QED) is 0.665.